The van der Waals surface area contributed by atoms with Gasteiger partial charge in [0.05, 0.1) is 42.3 Å². The summed E-state index contributed by atoms with van der Waals surface area (Å²) in [4.78, 5) is 26.8. The van der Waals surface area contributed by atoms with Gasteiger partial charge >= 0.3 is 0 Å². The van der Waals surface area contributed by atoms with Crippen LogP contribution >= 0.6 is 0 Å². The van der Waals surface area contributed by atoms with E-state index < -0.39 is 5.60 Å². The zero-order chi connectivity index (χ0) is 31.7. The normalized spacial score (nSPS) is 18.8. The number of benzene rings is 2. The van der Waals surface area contributed by atoms with E-state index in [-0.39, 0.29) is 30.0 Å². The van der Waals surface area contributed by atoms with Crippen LogP contribution in [0.2, 0.25) is 0 Å². The average Bonchev–Trinajstić information content (AvgIpc) is 3.68. The van der Waals surface area contributed by atoms with E-state index in [1.165, 1.54) is 0 Å². The van der Waals surface area contributed by atoms with Gasteiger partial charge in [-0.15, -0.1) is 0 Å². The maximum atomic E-state index is 14.6. The lowest BCUT2D eigenvalue weighted by atomic mass is 9.87. The fraction of sp³-hybridized carbons (Fsp3) is 0.444. The molecule has 0 spiro atoms. The molecule has 2 N–H and O–H groups in total. The lowest BCUT2D eigenvalue weighted by molar-refractivity contribution is -0.119. The summed E-state index contributed by atoms with van der Waals surface area (Å²) >= 11 is 0. The minimum atomic E-state index is -0.866. The van der Waals surface area contributed by atoms with E-state index in [2.05, 4.69) is 48.6 Å². The van der Waals surface area contributed by atoms with Gasteiger partial charge in [0.1, 0.15) is 5.65 Å². The molecule has 0 atom stereocenters. The topological polar surface area (TPSA) is 110 Å². The molecule has 1 aliphatic carbocycles. The highest BCUT2D eigenvalue weighted by Crippen LogP contribution is 2.34. The van der Waals surface area contributed by atoms with Gasteiger partial charge in [0, 0.05) is 29.7 Å². The molecule has 0 unspecified atom stereocenters. The predicted octanol–water partition coefficient (Wildman–Crippen LogP) is 5.51. The Hall–Kier alpha value is -4.08. The Balaban J connectivity index is 1.41. The second-order valence-corrected chi connectivity index (χ2v) is 13.1. The molecule has 6 rings (SSSR count). The predicted molar refractivity (Wildman–Crippen MR) is 176 cm³/mol. The van der Waals surface area contributed by atoms with Gasteiger partial charge in [-0.2, -0.15) is 10.2 Å². The van der Waals surface area contributed by atoms with Crippen LogP contribution in [-0.4, -0.2) is 49.2 Å². The van der Waals surface area contributed by atoms with Crippen molar-refractivity contribution in [1.29, 1.82) is 0 Å². The van der Waals surface area contributed by atoms with E-state index in [1.54, 1.807) is 20.0 Å². The van der Waals surface area contributed by atoms with Crippen LogP contribution in [0.15, 0.2) is 64.6 Å². The Morgan fingerprint density at radius 3 is 2.47 bits per heavy atom. The number of nitrogens with zero attached hydrogens (tertiary/aromatic N) is 4. The van der Waals surface area contributed by atoms with Gasteiger partial charge in [0.25, 0.3) is 5.56 Å². The van der Waals surface area contributed by atoms with Crippen LogP contribution in [0.5, 0.6) is 0 Å². The molecule has 1 amide bonds. The van der Waals surface area contributed by atoms with Gasteiger partial charge in [0.15, 0.2) is 0 Å². The third kappa shape index (κ3) is 6.37. The molecule has 9 heteroatoms. The summed E-state index contributed by atoms with van der Waals surface area (Å²) in [6.45, 7) is 8.00. The van der Waals surface area contributed by atoms with E-state index in [1.807, 2.05) is 33.3 Å². The van der Waals surface area contributed by atoms with E-state index in [0.717, 1.165) is 89.0 Å². The van der Waals surface area contributed by atoms with E-state index >= 15 is 0 Å². The van der Waals surface area contributed by atoms with Gasteiger partial charge in [-0.1, -0.05) is 55.8 Å². The smallest absolute Gasteiger partial charge is 0.257 e. The first-order chi connectivity index (χ1) is 21.6. The molecule has 0 bridgehead atoms. The number of hydrazone groups is 1. The molecule has 236 valence electrons. The molecule has 1 aliphatic heterocycles. The third-order valence-electron chi connectivity index (χ3n) is 9.08. The lowest BCUT2D eigenvalue weighted by Crippen LogP contribution is -2.36. The van der Waals surface area contributed by atoms with Crippen molar-refractivity contribution in [2.24, 2.45) is 5.10 Å². The van der Waals surface area contributed by atoms with Crippen LogP contribution in [0, 0.1) is 6.92 Å². The molecule has 1 saturated carbocycles. The second kappa shape index (κ2) is 12.7. The minimum absolute atomic E-state index is 0.0372. The monoisotopic (exact) mass is 609 g/mol. The fourth-order valence-electron chi connectivity index (χ4n) is 6.88. The first-order valence-corrected chi connectivity index (χ1v) is 16.1. The summed E-state index contributed by atoms with van der Waals surface area (Å²) in [5.74, 6) is -0.119. The highest BCUT2D eigenvalue weighted by molar-refractivity contribution is 6.17. The number of carbonyl (C=O) groups excluding carboxylic acids is 1. The molecule has 2 aliphatic rings. The van der Waals surface area contributed by atoms with Crippen molar-refractivity contribution in [2.45, 2.75) is 96.8 Å². The van der Waals surface area contributed by atoms with E-state index in [4.69, 9.17) is 9.84 Å². The molecule has 0 saturated heterocycles. The number of ether oxygens (including phenoxy) is 1. The Morgan fingerprint density at radius 2 is 1.80 bits per heavy atom. The van der Waals surface area contributed by atoms with Gasteiger partial charge in [0.2, 0.25) is 5.91 Å². The summed E-state index contributed by atoms with van der Waals surface area (Å²) in [7, 11) is 0. The van der Waals surface area contributed by atoms with Crippen molar-refractivity contribution in [3.05, 3.63) is 93.0 Å². The largest absolute Gasteiger partial charge is 0.388 e. The molecule has 4 aromatic rings. The molecule has 2 aromatic heterocycles. The molecule has 0 radical (unpaired) electrons. The number of hydrogen-bond acceptors (Lipinski definition) is 6. The van der Waals surface area contributed by atoms with Crippen LogP contribution < -0.4 is 11.0 Å². The molecule has 2 aromatic carbocycles. The number of carbonyl (C=O) groups is 1. The number of aliphatic hydroxyl groups is 1. The number of hydrogen-bond donors (Lipinski definition) is 2. The SMILES string of the molecule is CCCc1c(Cc2ccc(-c3ccccc3)c(C3=NNC(=O)C3)c2C)c(=O)n(C2CCC(OCC(C)(C)O)CC2)c2ccnn12. The zero-order valence-corrected chi connectivity index (χ0v) is 26.7. The summed E-state index contributed by atoms with van der Waals surface area (Å²) in [5, 5.41) is 19.2. The van der Waals surface area contributed by atoms with Crippen LogP contribution in [0.25, 0.3) is 16.8 Å². The Kier molecular flexibility index (Phi) is 8.75. The zero-order valence-electron chi connectivity index (χ0n) is 26.7. The van der Waals surface area contributed by atoms with Gasteiger partial charge in [-0.3, -0.25) is 14.2 Å². The average molecular weight is 610 g/mol. The van der Waals surface area contributed by atoms with E-state index in [9.17, 15) is 14.7 Å². The molecular formula is C36H43N5O4. The van der Waals surface area contributed by atoms with Gasteiger partial charge in [-0.05, 0) is 75.1 Å². The van der Waals surface area contributed by atoms with Crippen molar-refractivity contribution < 1.29 is 14.6 Å². The van der Waals surface area contributed by atoms with Crippen LogP contribution in [0.1, 0.15) is 93.3 Å². The number of rotatable bonds is 10. The Labute approximate surface area is 263 Å². The van der Waals surface area contributed by atoms with E-state index in [0.29, 0.717) is 13.0 Å². The molecule has 9 nitrogen and oxygen atoms in total. The first kappa shape index (κ1) is 30.9. The highest BCUT2D eigenvalue weighted by Gasteiger charge is 2.29. The maximum Gasteiger partial charge on any atom is 0.257 e. The minimum Gasteiger partial charge on any atom is -0.388 e. The Bertz CT molecular complexity index is 1790. The second-order valence-electron chi connectivity index (χ2n) is 13.1. The van der Waals surface area contributed by atoms with Crippen LogP contribution in [0.3, 0.4) is 0 Å². The number of nitrogens with one attached hydrogen (secondary N) is 1. The summed E-state index contributed by atoms with van der Waals surface area (Å²) in [6, 6.07) is 16.3. The van der Waals surface area contributed by atoms with Crippen LogP contribution in [-0.2, 0) is 22.4 Å². The summed E-state index contributed by atoms with van der Waals surface area (Å²) < 4.78 is 9.94. The maximum absolute atomic E-state index is 14.6. The van der Waals surface area contributed by atoms with Crippen molar-refractivity contribution in [3.63, 3.8) is 0 Å². The molecule has 1 fully saturated rings. The van der Waals surface area contributed by atoms with Crippen molar-refractivity contribution in [2.75, 3.05) is 6.61 Å². The third-order valence-corrected chi connectivity index (χ3v) is 9.08. The van der Waals surface area contributed by atoms with Crippen molar-refractivity contribution in [3.8, 4) is 11.1 Å². The van der Waals surface area contributed by atoms with Crippen molar-refractivity contribution in [1.82, 2.24) is 19.6 Å². The highest BCUT2D eigenvalue weighted by atomic mass is 16.5. The van der Waals surface area contributed by atoms with Gasteiger partial charge < -0.3 is 9.84 Å². The lowest BCUT2D eigenvalue weighted by Gasteiger charge is -2.32. The van der Waals surface area contributed by atoms with Gasteiger partial charge in [-0.25, -0.2) is 9.94 Å². The summed E-state index contributed by atoms with van der Waals surface area (Å²) in [5.41, 5.74) is 10.1. The quantitative estimate of drug-likeness (QED) is 0.246. The van der Waals surface area contributed by atoms with Crippen LogP contribution in [0.4, 0.5) is 0 Å². The molecular weight excluding hydrogens is 566 g/mol. The fourth-order valence-corrected chi connectivity index (χ4v) is 6.88. The Morgan fingerprint density at radius 1 is 1.04 bits per heavy atom. The first-order valence-electron chi connectivity index (χ1n) is 16.1. The summed E-state index contributed by atoms with van der Waals surface area (Å²) in [6.07, 6.45) is 7.46. The molecule has 45 heavy (non-hydrogen) atoms. The number of fused-ring (bicyclic) bond motifs is 1. The molecule has 3 heterocycles. The van der Waals surface area contributed by atoms with Crippen molar-refractivity contribution >= 4 is 17.3 Å². The standard InChI is InChI=1S/C36H43N5O4/c1-5-9-31-29(20-25-12-17-28(24-10-7-6-8-11-24)34(23(25)2)30-21-32(42)39-38-30)35(43)40(33-18-19-37-41(31)33)26-13-15-27(16-14-26)45-22-36(3,4)44/h6-8,10-12,17-19,26-27,44H,5,9,13-16,20-22H2,1-4H3,(H,39,42). The number of amides is 1. The number of aromatic nitrogens is 3. The number of aryl methyl sites for hydroxylation is 1.